The van der Waals surface area contributed by atoms with E-state index in [4.69, 9.17) is 0 Å². The average Bonchev–Trinajstić information content (AvgIpc) is 3.24. The lowest BCUT2D eigenvalue weighted by Gasteiger charge is -2.32. The molecule has 4 rings (SSSR count). The second-order valence-electron chi connectivity index (χ2n) is 8.33. The number of rotatable bonds is 6. The lowest BCUT2D eigenvalue weighted by molar-refractivity contribution is 0.186. The molecule has 29 heavy (non-hydrogen) atoms. The van der Waals surface area contributed by atoms with Gasteiger partial charge in [-0.2, -0.15) is 0 Å². The van der Waals surface area contributed by atoms with Gasteiger partial charge in [-0.3, -0.25) is 4.90 Å². The summed E-state index contributed by atoms with van der Waals surface area (Å²) in [5, 5.41) is 6.28. The highest BCUT2D eigenvalue weighted by Crippen LogP contribution is 2.23. The van der Waals surface area contributed by atoms with E-state index in [0.717, 1.165) is 58.5 Å². The Bertz CT molecular complexity index is 759. The van der Waals surface area contributed by atoms with Gasteiger partial charge >= 0.3 is 6.03 Å². The van der Waals surface area contributed by atoms with Crippen molar-refractivity contribution in [1.29, 1.82) is 0 Å². The molecule has 2 fully saturated rings. The summed E-state index contributed by atoms with van der Waals surface area (Å²) in [5.74, 6) is 0.522. The number of para-hydroxylation sites is 1. The van der Waals surface area contributed by atoms with Gasteiger partial charge in [0, 0.05) is 51.0 Å². The van der Waals surface area contributed by atoms with Gasteiger partial charge in [0.15, 0.2) is 0 Å². The zero-order chi connectivity index (χ0) is 19.9. The topological polar surface area (TPSA) is 47.6 Å². The molecule has 0 aliphatic carbocycles. The van der Waals surface area contributed by atoms with Gasteiger partial charge in [-0.1, -0.05) is 48.5 Å². The third-order valence-electron chi connectivity index (χ3n) is 6.13. The summed E-state index contributed by atoms with van der Waals surface area (Å²) in [4.78, 5) is 17.2. The summed E-state index contributed by atoms with van der Waals surface area (Å²) in [6.07, 6.45) is 3.17. The van der Waals surface area contributed by atoms with Crippen molar-refractivity contribution >= 4 is 11.7 Å². The number of benzene rings is 2. The first-order valence-electron chi connectivity index (χ1n) is 10.9. The molecule has 0 saturated carbocycles. The van der Waals surface area contributed by atoms with Crippen LogP contribution in [0.5, 0.6) is 0 Å². The number of piperidine rings is 1. The van der Waals surface area contributed by atoms with Crippen LogP contribution >= 0.6 is 0 Å². The Hall–Kier alpha value is -2.53. The molecule has 2 N–H and O–H groups in total. The molecule has 1 unspecified atom stereocenters. The first kappa shape index (κ1) is 19.8. The van der Waals surface area contributed by atoms with Gasteiger partial charge in [-0.05, 0) is 42.9 Å². The van der Waals surface area contributed by atoms with E-state index < -0.39 is 0 Å². The maximum absolute atomic E-state index is 12.3. The number of carbonyl (C=O) groups is 1. The van der Waals surface area contributed by atoms with Crippen LogP contribution in [0.4, 0.5) is 10.5 Å². The molecular weight excluding hydrogens is 360 g/mol. The molecule has 2 aromatic rings. The minimum atomic E-state index is -0.00956. The van der Waals surface area contributed by atoms with E-state index in [1.54, 1.807) is 0 Å². The molecule has 0 bridgehead atoms. The molecular formula is C24H32N4O. The average molecular weight is 393 g/mol. The molecule has 1 atom stereocenters. The van der Waals surface area contributed by atoms with Crippen LogP contribution in [-0.4, -0.2) is 49.7 Å². The molecule has 5 nitrogen and oxygen atoms in total. The summed E-state index contributed by atoms with van der Waals surface area (Å²) in [6, 6.07) is 21.4. The molecule has 5 heteroatoms. The van der Waals surface area contributed by atoms with Crippen LogP contribution in [-0.2, 0) is 6.54 Å². The van der Waals surface area contributed by atoms with Crippen molar-refractivity contribution in [2.24, 2.45) is 5.92 Å². The van der Waals surface area contributed by atoms with Gasteiger partial charge in [0.25, 0.3) is 0 Å². The number of urea groups is 1. The summed E-state index contributed by atoms with van der Waals surface area (Å²) in [5.41, 5.74) is 2.64. The Morgan fingerprint density at radius 3 is 2.31 bits per heavy atom. The Kier molecular flexibility index (Phi) is 6.67. The van der Waals surface area contributed by atoms with Crippen LogP contribution < -0.4 is 15.5 Å². The van der Waals surface area contributed by atoms with Crippen molar-refractivity contribution in [2.45, 2.75) is 31.8 Å². The maximum atomic E-state index is 12.3. The first-order chi connectivity index (χ1) is 14.3. The second-order valence-corrected chi connectivity index (χ2v) is 8.33. The number of amides is 2. The Labute approximate surface area is 174 Å². The summed E-state index contributed by atoms with van der Waals surface area (Å²) in [6.45, 7) is 5.91. The van der Waals surface area contributed by atoms with Crippen LogP contribution in [0.25, 0.3) is 0 Å². The standard InChI is InChI=1S/C24H32N4O/c29-24(25-17-21-11-16-28(19-21)23-9-5-2-6-10-23)26-22-12-14-27(15-13-22)18-20-7-3-1-4-8-20/h1-10,21-22H,11-19H2,(H2,25,26,29). The van der Waals surface area contributed by atoms with Gasteiger partial charge in [0.2, 0.25) is 0 Å². The van der Waals surface area contributed by atoms with E-state index >= 15 is 0 Å². The molecule has 154 valence electrons. The smallest absolute Gasteiger partial charge is 0.315 e. The van der Waals surface area contributed by atoms with Crippen LogP contribution in [0.15, 0.2) is 60.7 Å². The monoisotopic (exact) mass is 392 g/mol. The minimum Gasteiger partial charge on any atom is -0.371 e. The molecule has 2 saturated heterocycles. The van der Waals surface area contributed by atoms with Gasteiger partial charge < -0.3 is 15.5 Å². The molecule has 0 aromatic heterocycles. The highest BCUT2D eigenvalue weighted by molar-refractivity contribution is 5.74. The fourth-order valence-electron chi connectivity index (χ4n) is 4.42. The third kappa shape index (κ3) is 5.73. The molecule has 2 aliphatic heterocycles. The van der Waals surface area contributed by atoms with Crippen molar-refractivity contribution in [2.75, 3.05) is 37.6 Å². The summed E-state index contributed by atoms with van der Waals surface area (Å²) >= 11 is 0. The minimum absolute atomic E-state index is 0.00956. The first-order valence-corrected chi connectivity index (χ1v) is 10.9. The quantitative estimate of drug-likeness (QED) is 0.791. The zero-order valence-corrected chi connectivity index (χ0v) is 17.1. The van der Waals surface area contributed by atoms with Gasteiger partial charge in [0.05, 0.1) is 0 Å². The lowest BCUT2D eigenvalue weighted by atomic mass is 10.0. The Morgan fingerprint density at radius 1 is 0.897 bits per heavy atom. The van der Waals surface area contributed by atoms with E-state index in [9.17, 15) is 4.79 Å². The molecule has 0 spiro atoms. The number of hydrogen-bond donors (Lipinski definition) is 2. The fraction of sp³-hybridized carbons (Fsp3) is 0.458. The molecule has 0 radical (unpaired) electrons. The zero-order valence-electron chi connectivity index (χ0n) is 17.1. The van der Waals surface area contributed by atoms with Crippen molar-refractivity contribution in [1.82, 2.24) is 15.5 Å². The van der Waals surface area contributed by atoms with Gasteiger partial charge in [-0.15, -0.1) is 0 Å². The molecule has 2 aliphatic rings. The summed E-state index contributed by atoms with van der Waals surface area (Å²) < 4.78 is 0. The highest BCUT2D eigenvalue weighted by atomic mass is 16.2. The molecule has 2 aromatic carbocycles. The third-order valence-corrected chi connectivity index (χ3v) is 6.13. The number of nitrogens with one attached hydrogen (secondary N) is 2. The van der Waals surface area contributed by atoms with E-state index in [2.05, 4.69) is 81.1 Å². The lowest BCUT2D eigenvalue weighted by Crippen LogP contribution is -2.48. The van der Waals surface area contributed by atoms with E-state index in [-0.39, 0.29) is 12.1 Å². The molecule has 2 amide bonds. The van der Waals surface area contributed by atoms with Crippen molar-refractivity contribution < 1.29 is 4.79 Å². The number of likely N-dealkylation sites (tertiary alicyclic amines) is 1. The molecule has 2 heterocycles. The number of anilines is 1. The SMILES string of the molecule is O=C(NCC1CCN(c2ccccc2)C1)NC1CCN(Cc2ccccc2)CC1. The van der Waals surface area contributed by atoms with Crippen molar-refractivity contribution in [3.8, 4) is 0 Å². The highest BCUT2D eigenvalue weighted by Gasteiger charge is 2.24. The Morgan fingerprint density at radius 2 is 1.59 bits per heavy atom. The number of nitrogens with zero attached hydrogens (tertiary/aromatic N) is 2. The van der Waals surface area contributed by atoms with Crippen LogP contribution in [0.2, 0.25) is 0 Å². The maximum Gasteiger partial charge on any atom is 0.315 e. The predicted octanol–water partition coefficient (Wildman–Crippen LogP) is 3.48. The van der Waals surface area contributed by atoms with Crippen LogP contribution in [0.3, 0.4) is 0 Å². The normalized spacial score (nSPS) is 20.6. The van der Waals surface area contributed by atoms with E-state index in [0.29, 0.717) is 5.92 Å². The fourth-order valence-corrected chi connectivity index (χ4v) is 4.42. The van der Waals surface area contributed by atoms with Crippen molar-refractivity contribution in [3.63, 3.8) is 0 Å². The van der Waals surface area contributed by atoms with E-state index in [1.165, 1.54) is 11.3 Å². The second kappa shape index (κ2) is 9.79. The largest absolute Gasteiger partial charge is 0.371 e. The number of carbonyl (C=O) groups excluding carboxylic acids is 1. The van der Waals surface area contributed by atoms with Crippen LogP contribution in [0.1, 0.15) is 24.8 Å². The van der Waals surface area contributed by atoms with Crippen LogP contribution in [0, 0.1) is 5.92 Å². The van der Waals surface area contributed by atoms with Gasteiger partial charge in [-0.25, -0.2) is 4.79 Å². The van der Waals surface area contributed by atoms with Gasteiger partial charge in [0.1, 0.15) is 0 Å². The van der Waals surface area contributed by atoms with Crippen molar-refractivity contribution in [3.05, 3.63) is 66.2 Å². The Balaban J connectivity index is 1.13. The number of hydrogen-bond acceptors (Lipinski definition) is 3. The van der Waals surface area contributed by atoms with E-state index in [1.807, 2.05) is 0 Å². The predicted molar refractivity (Wildman–Crippen MR) is 118 cm³/mol. The summed E-state index contributed by atoms with van der Waals surface area (Å²) in [7, 11) is 0.